The summed E-state index contributed by atoms with van der Waals surface area (Å²) in [4.78, 5) is 45.6. The second-order valence-corrected chi connectivity index (χ2v) is 15.7. The molecule has 0 saturated heterocycles. The number of fused-ring (bicyclic) bond motifs is 1. The molecule has 2 N–H and O–H groups in total. The number of halogens is 3. The fraction of sp³-hybridized carbons (Fsp3) is 0.459. The Morgan fingerprint density at radius 1 is 1.04 bits per heavy atom. The Morgan fingerprint density at radius 2 is 1.76 bits per heavy atom. The van der Waals surface area contributed by atoms with Crippen LogP contribution in [-0.2, 0) is 22.7 Å². The zero-order valence-corrected chi connectivity index (χ0v) is 31.2. The van der Waals surface area contributed by atoms with Crippen LogP contribution >= 0.6 is 27.3 Å². The summed E-state index contributed by atoms with van der Waals surface area (Å²) in [5, 5.41) is 6.61. The number of nitrogens with zero attached hydrogens (tertiary/aromatic N) is 3. The standard InChI is InChI=1S/C37H44BrF2N5O4S/c1-23(37(2,3)4)44(36(48)49-22-24-8-6-5-7-9-24)21-25-10-15-29-28(20-25)42-35(43-34(47)31-17-16-30(50-31)33(39)40)45(29)27-13-11-26(12-14-27)41-32(46)18-19-38/h5-10,15-17,20,23,26-27,33H,11-14,18-19,21-22H2,1-4H3,(H,41,46)(H,42,43,47)/t23-,26?,27?/m0/s1. The highest BCUT2D eigenvalue weighted by Crippen LogP contribution is 2.36. The van der Waals surface area contributed by atoms with Crippen molar-refractivity contribution < 1.29 is 27.9 Å². The number of carbonyl (C=O) groups excluding carboxylic acids is 3. The first kappa shape index (κ1) is 37.4. The highest BCUT2D eigenvalue weighted by atomic mass is 79.9. The summed E-state index contributed by atoms with van der Waals surface area (Å²) in [5.74, 6) is -0.180. The minimum atomic E-state index is -2.66. The highest BCUT2D eigenvalue weighted by Gasteiger charge is 2.32. The lowest BCUT2D eigenvalue weighted by atomic mass is 9.87. The Hall–Kier alpha value is -3.84. The Balaban J connectivity index is 1.42. The zero-order chi connectivity index (χ0) is 36.0. The largest absolute Gasteiger partial charge is 0.445 e. The van der Waals surface area contributed by atoms with Gasteiger partial charge in [-0.2, -0.15) is 0 Å². The molecule has 1 fully saturated rings. The maximum atomic E-state index is 13.5. The van der Waals surface area contributed by atoms with Gasteiger partial charge in [-0.25, -0.2) is 18.6 Å². The van der Waals surface area contributed by atoms with E-state index in [-0.39, 0.29) is 52.4 Å². The van der Waals surface area contributed by atoms with Gasteiger partial charge in [-0.05, 0) is 73.4 Å². The van der Waals surface area contributed by atoms with Crippen LogP contribution < -0.4 is 10.6 Å². The number of benzene rings is 2. The average Bonchev–Trinajstić information content (AvgIpc) is 3.72. The van der Waals surface area contributed by atoms with E-state index in [4.69, 9.17) is 9.72 Å². The first-order chi connectivity index (χ1) is 23.8. The normalized spacial score (nSPS) is 17.0. The quantitative estimate of drug-likeness (QED) is 0.140. The second-order valence-electron chi connectivity index (χ2n) is 13.8. The molecule has 4 aromatic rings. The maximum absolute atomic E-state index is 13.5. The van der Waals surface area contributed by atoms with Crippen LogP contribution in [0.1, 0.15) is 97.9 Å². The van der Waals surface area contributed by atoms with E-state index in [1.54, 1.807) is 4.90 Å². The number of carbonyl (C=O) groups is 3. The summed E-state index contributed by atoms with van der Waals surface area (Å²) in [7, 11) is 0. The molecule has 2 aromatic heterocycles. The van der Waals surface area contributed by atoms with Crippen LogP contribution in [0.15, 0.2) is 60.7 Å². The highest BCUT2D eigenvalue weighted by molar-refractivity contribution is 9.09. The first-order valence-corrected chi connectivity index (χ1v) is 18.8. The molecular formula is C37H44BrF2N5O4S. The third kappa shape index (κ3) is 9.28. The molecule has 0 spiro atoms. The predicted molar refractivity (Wildman–Crippen MR) is 196 cm³/mol. The zero-order valence-electron chi connectivity index (χ0n) is 28.8. The number of aromatic nitrogens is 2. The summed E-state index contributed by atoms with van der Waals surface area (Å²) in [6.45, 7) is 8.68. The number of imidazole rings is 1. The van der Waals surface area contributed by atoms with Crippen LogP contribution in [0, 0.1) is 5.41 Å². The van der Waals surface area contributed by atoms with Gasteiger partial charge in [-0.15, -0.1) is 11.3 Å². The topological polar surface area (TPSA) is 106 Å². The number of ether oxygens (including phenoxy) is 1. The van der Waals surface area contributed by atoms with Crippen molar-refractivity contribution in [2.75, 3.05) is 10.6 Å². The van der Waals surface area contributed by atoms with E-state index in [0.29, 0.717) is 23.2 Å². The lowest BCUT2D eigenvalue weighted by Crippen LogP contribution is -2.45. The monoisotopic (exact) mass is 771 g/mol. The van der Waals surface area contributed by atoms with E-state index in [9.17, 15) is 23.2 Å². The third-order valence-corrected chi connectivity index (χ3v) is 10.8. The predicted octanol–water partition coefficient (Wildman–Crippen LogP) is 9.25. The fourth-order valence-electron chi connectivity index (χ4n) is 6.15. The molecule has 0 unspecified atom stereocenters. The number of nitrogens with one attached hydrogen (secondary N) is 2. The van der Waals surface area contributed by atoms with Crippen molar-refractivity contribution >= 4 is 62.2 Å². The molecular weight excluding hydrogens is 728 g/mol. The van der Waals surface area contributed by atoms with Crippen LogP contribution in [-0.4, -0.2) is 49.8 Å². The summed E-state index contributed by atoms with van der Waals surface area (Å²) in [6.07, 6.45) is 0.341. The van der Waals surface area contributed by atoms with E-state index < -0.39 is 18.4 Å². The number of hydrogen-bond donors (Lipinski definition) is 2. The van der Waals surface area contributed by atoms with Crippen molar-refractivity contribution in [3.63, 3.8) is 0 Å². The van der Waals surface area contributed by atoms with Crippen LogP contribution in [0.3, 0.4) is 0 Å². The Morgan fingerprint density at radius 3 is 2.40 bits per heavy atom. The van der Waals surface area contributed by atoms with Crippen molar-refractivity contribution in [3.05, 3.63) is 81.5 Å². The molecule has 0 radical (unpaired) electrons. The molecule has 0 bridgehead atoms. The van der Waals surface area contributed by atoms with Gasteiger partial charge in [0.05, 0.1) is 20.8 Å². The van der Waals surface area contributed by atoms with E-state index in [2.05, 4.69) is 47.3 Å². The van der Waals surface area contributed by atoms with Crippen molar-refractivity contribution in [1.82, 2.24) is 19.8 Å². The summed E-state index contributed by atoms with van der Waals surface area (Å²) in [6, 6.07) is 17.9. The molecule has 1 aliphatic carbocycles. The minimum Gasteiger partial charge on any atom is -0.445 e. The summed E-state index contributed by atoms with van der Waals surface area (Å²) < 4.78 is 34.3. The first-order valence-electron chi connectivity index (χ1n) is 16.9. The molecule has 1 aliphatic rings. The van der Waals surface area contributed by atoms with Gasteiger partial charge in [-0.1, -0.05) is 73.1 Å². The summed E-state index contributed by atoms with van der Waals surface area (Å²) >= 11 is 4.07. The number of rotatable bonds is 12. The molecule has 0 aliphatic heterocycles. The van der Waals surface area contributed by atoms with Gasteiger partial charge < -0.3 is 19.5 Å². The van der Waals surface area contributed by atoms with Gasteiger partial charge in [-0.3, -0.25) is 14.9 Å². The lowest BCUT2D eigenvalue weighted by molar-refractivity contribution is -0.121. The minimum absolute atomic E-state index is 0.0109. The van der Waals surface area contributed by atoms with Crippen molar-refractivity contribution in [2.24, 2.45) is 5.41 Å². The van der Waals surface area contributed by atoms with Crippen molar-refractivity contribution in [2.45, 2.75) is 97.5 Å². The molecule has 2 heterocycles. The van der Waals surface area contributed by atoms with Crippen LogP contribution in [0.5, 0.6) is 0 Å². The van der Waals surface area contributed by atoms with Gasteiger partial charge in [0, 0.05) is 36.4 Å². The Kier molecular flexibility index (Phi) is 12.3. The van der Waals surface area contributed by atoms with Gasteiger partial charge in [0.25, 0.3) is 12.3 Å². The number of thiophene rings is 1. The number of alkyl halides is 3. The third-order valence-electron chi connectivity index (χ3n) is 9.31. The SMILES string of the molecule is C[C@H](N(Cc1ccc2c(c1)nc(NC(=O)c1ccc(C(F)F)s1)n2C1CCC(NC(=O)CCBr)CC1)C(=O)OCc1ccccc1)C(C)(C)C. The molecule has 2 aromatic carbocycles. The van der Waals surface area contributed by atoms with Gasteiger partial charge in [0.15, 0.2) is 0 Å². The van der Waals surface area contributed by atoms with E-state index >= 15 is 0 Å². The molecule has 9 nitrogen and oxygen atoms in total. The maximum Gasteiger partial charge on any atom is 0.410 e. The Labute approximate surface area is 303 Å². The van der Waals surface area contributed by atoms with Crippen LogP contribution in [0.4, 0.5) is 19.5 Å². The van der Waals surface area contributed by atoms with E-state index in [1.165, 1.54) is 12.1 Å². The molecule has 50 heavy (non-hydrogen) atoms. The number of amides is 3. The molecule has 1 saturated carbocycles. The molecule has 13 heteroatoms. The smallest absolute Gasteiger partial charge is 0.410 e. The summed E-state index contributed by atoms with van der Waals surface area (Å²) in [5.41, 5.74) is 2.94. The Bertz CT molecular complexity index is 1780. The molecule has 268 valence electrons. The molecule has 5 rings (SSSR count). The number of hydrogen-bond acceptors (Lipinski definition) is 6. The fourth-order valence-corrected chi connectivity index (χ4v) is 7.26. The molecule has 1 atom stereocenters. The van der Waals surface area contributed by atoms with Crippen LogP contribution in [0.25, 0.3) is 11.0 Å². The van der Waals surface area contributed by atoms with Crippen molar-refractivity contribution in [1.29, 1.82) is 0 Å². The molecule has 3 amide bonds. The van der Waals surface area contributed by atoms with Gasteiger partial charge >= 0.3 is 6.09 Å². The average molecular weight is 773 g/mol. The van der Waals surface area contributed by atoms with Gasteiger partial charge in [0.2, 0.25) is 11.9 Å². The van der Waals surface area contributed by atoms with Crippen molar-refractivity contribution in [3.8, 4) is 0 Å². The second kappa shape index (κ2) is 16.5. The van der Waals surface area contributed by atoms with Gasteiger partial charge in [0.1, 0.15) is 6.61 Å². The van der Waals surface area contributed by atoms with E-state index in [1.807, 2.05) is 60.0 Å². The van der Waals surface area contributed by atoms with Crippen LogP contribution in [0.2, 0.25) is 0 Å². The van der Waals surface area contributed by atoms with E-state index in [0.717, 1.165) is 53.7 Å². The number of anilines is 1. The lowest BCUT2D eigenvalue weighted by Gasteiger charge is -2.37.